The lowest BCUT2D eigenvalue weighted by Gasteiger charge is -2.57. The Kier molecular flexibility index (Phi) is 2.17. The van der Waals surface area contributed by atoms with Gasteiger partial charge >= 0.3 is 0 Å². The number of hydrogen-bond acceptors (Lipinski definition) is 2. The average molecular weight is 282 g/mol. The number of ketones is 1. The molecule has 0 radical (unpaired) electrons. The minimum atomic E-state index is 0.213. The van der Waals surface area contributed by atoms with Crippen molar-refractivity contribution in [2.24, 2.45) is 22.7 Å². The molecular formula is C19H22O2. The third kappa shape index (κ3) is 1.37. The fourth-order valence-corrected chi connectivity index (χ4v) is 6.42. The summed E-state index contributed by atoms with van der Waals surface area (Å²) in [5.74, 6) is 3.26. The molecular weight excluding hydrogens is 260 g/mol. The predicted molar refractivity (Wildman–Crippen MR) is 80.7 cm³/mol. The van der Waals surface area contributed by atoms with Crippen LogP contribution < -0.4 is 0 Å². The highest BCUT2D eigenvalue weighted by Gasteiger charge is 2.61. The van der Waals surface area contributed by atoms with Crippen molar-refractivity contribution >= 4 is 11.9 Å². The molecule has 1 aromatic rings. The van der Waals surface area contributed by atoms with Crippen LogP contribution in [-0.4, -0.2) is 5.78 Å². The number of hydrogen-bond donors (Lipinski definition) is 0. The molecule has 1 unspecified atom stereocenters. The zero-order chi connectivity index (χ0) is 14.2. The highest BCUT2D eigenvalue weighted by Crippen LogP contribution is 2.68. The molecule has 0 aromatic carbocycles. The number of fused-ring (bicyclic) bond motifs is 5. The summed E-state index contributed by atoms with van der Waals surface area (Å²) in [4.78, 5) is 12.3. The molecule has 3 fully saturated rings. The number of allylic oxidation sites excluding steroid dienone is 1. The second kappa shape index (κ2) is 3.71. The molecule has 3 saturated carbocycles. The van der Waals surface area contributed by atoms with Crippen LogP contribution in [0.3, 0.4) is 0 Å². The van der Waals surface area contributed by atoms with E-state index in [1.807, 2.05) is 6.26 Å². The van der Waals surface area contributed by atoms with Crippen molar-refractivity contribution in [2.45, 2.75) is 51.4 Å². The summed E-state index contributed by atoms with van der Waals surface area (Å²) in [7, 11) is 0. The van der Waals surface area contributed by atoms with Gasteiger partial charge in [-0.2, -0.15) is 0 Å². The van der Waals surface area contributed by atoms with Gasteiger partial charge in [0.05, 0.1) is 6.26 Å². The van der Waals surface area contributed by atoms with E-state index in [1.54, 1.807) is 0 Å². The van der Waals surface area contributed by atoms with Gasteiger partial charge in [0.25, 0.3) is 0 Å². The summed E-state index contributed by atoms with van der Waals surface area (Å²) in [6, 6.07) is 2.17. The lowest BCUT2D eigenvalue weighted by atomic mass is 9.46. The molecule has 0 aliphatic heterocycles. The molecule has 4 aliphatic rings. The SMILES string of the molecule is C[C@@]12C=Cc3occc3[C@H]1CC[C@]13CC(=O)[C@@H](CCC12)C3. The molecule has 110 valence electrons. The first-order chi connectivity index (χ1) is 10.1. The topological polar surface area (TPSA) is 30.2 Å². The average Bonchev–Trinajstić information content (AvgIpc) is 3.02. The minimum absolute atomic E-state index is 0.213. The van der Waals surface area contributed by atoms with Crippen LogP contribution in [0.1, 0.15) is 62.7 Å². The Labute approximate surface area is 125 Å². The molecule has 1 aromatic heterocycles. The van der Waals surface area contributed by atoms with Gasteiger partial charge in [-0.3, -0.25) is 4.79 Å². The molecule has 2 heteroatoms. The van der Waals surface area contributed by atoms with Crippen LogP contribution in [0, 0.1) is 22.7 Å². The van der Waals surface area contributed by atoms with Crippen molar-refractivity contribution in [3.05, 3.63) is 29.7 Å². The Morgan fingerprint density at radius 1 is 1.29 bits per heavy atom. The van der Waals surface area contributed by atoms with Crippen LogP contribution in [0.2, 0.25) is 0 Å². The van der Waals surface area contributed by atoms with E-state index >= 15 is 0 Å². The first-order valence-corrected chi connectivity index (χ1v) is 8.42. The fraction of sp³-hybridized carbons (Fsp3) is 0.632. The Balaban J connectivity index is 1.63. The number of carbonyl (C=O) groups is 1. The second-order valence-corrected chi connectivity index (χ2v) is 8.07. The first kappa shape index (κ1) is 12.3. The maximum atomic E-state index is 12.3. The standard InChI is InChI=1S/C19H22O2/c1-18-7-5-16-13(6-9-21-16)14(18)4-8-19-10-12(15(20)11-19)2-3-17(18)19/h5-7,9,12,14,17H,2-4,8,10-11H2,1H3/t12-,14+,17?,18+,19-/m0/s1. The van der Waals surface area contributed by atoms with E-state index in [9.17, 15) is 4.79 Å². The molecule has 0 N–H and O–H groups in total. The molecule has 5 atom stereocenters. The Morgan fingerprint density at radius 3 is 3.10 bits per heavy atom. The van der Waals surface area contributed by atoms with Gasteiger partial charge < -0.3 is 4.42 Å². The van der Waals surface area contributed by atoms with E-state index in [-0.39, 0.29) is 5.41 Å². The maximum absolute atomic E-state index is 12.3. The monoisotopic (exact) mass is 282 g/mol. The zero-order valence-electron chi connectivity index (χ0n) is 12.6. The molecule has 0 saturated heterocycles. The summed E-state index contributed by atoms with van der Waals surface area (Å²) in [6.07, 6.45) is 13.3. The van der Waals surface area contributed by atoms with E-state index in [0.29, 0.717) is 29.0 Å². The van der Waals surface area contributed by atoms with Crippen LogP contribution in [0.4, 0.5) is 0 Å². The van der Waals surface area contributed by atoms with Crippen molar-refractivity contribution in [2.75, 3.05) is 0 Å². The summed E-state index contributed by atoms with van der Waals surface area (Å²) in [5.41, 5.74) is 1.93. The smallest absolute Gasteiger partial charge is 0.136 e. The normalized spacial score (nSPS) is 46.9. The lowest BCUT2D eigenvalue weighted by Crippen LogP contribution is -2.49. The predicted octanol–water partition coefficient (Wildman–Crippen LogP) is 4.57. The Bertz CT molecular complexity index is 654. The molecule has 2 bridgehead atoms. The summed E-state index contributed by atoms with van der Waals surface area (Å²) in [5, 5.41) is 0. The van der Waals surface area contributed by atoms with Gasteiger partial charge in [0.1, 0.15) is 11.5 Å². The highest BCUT2D eigenvalue weighted by atomic mass is 16.3. The van der Waals surface area contributed by atoms with Gasteiger partial charge in [0.15, 0.2) is 0 Å². The van der Waals surface area contributed by atoms with Gasteiger partial charge in [0, 0.05) is 17.9 Å². The van der Waals surface area contributed by atoms with Gasteiger partial charge in [-0.25, -0.2) is 0 Å². The van der Waals surface area contributed by atoms with E-state index in [1.165, 1.54) is 31.2 Å². The number of Topliss-reactive ketones (excluding diaryl/α,β-unsaturated/α-hetero) is 1. The number of carbonyl (C=O) groups excluding carboxylic acids is 1. The van der Waals surface area contributed by atoms with Crippen LogP contribution >= 0.6 is 0 Å². The first-order valence-electron chi connectivity index (χ1n) is 8.42. The quantitative estimate of drug-likeness (QED) is 0.698. The largest absolute Gasteiger partial charge is 0.465 e. The van der Waals surface area contributed by atoms with Crippen molar-refractivity contribution in [1.82, 2.24) is 0 Å². The van der Waals surface area contributed by atoms with Crippen molar-refractivity contribution < 1.29 is 9.21 Å². The van der Waals surface area contributed by atoms with Gasteiger partial charge in [-0.15, -0.1) is 0 Å². The van der Waals surface area contributed by atoms with E-state index in [4.69, 9.17) is 4.42 Å². The van der Waals surface area contributed by atoms with Crippen LogP contribution in [0.5, 0.6) is 0 Å². The van der Waals surface area contributed by atoms with Gasteiger partial charge in [-0.05, 0) is 66.9 Å². The number of furan rings is 1. The highest BCUT2D eigenvalue weighted by molar-refractivity contribution is 5.84. The van der Waals surface area contributed by atoms with Gasteiger partial charge in [0.2, 0.25) is 0 Å². The van der Waals surface area contributed by atoms with Crippen molar-refractivity contribution in [3.63, 3.8) is 0 Å². The van der Waals surface area contributed by atoms with E-state index in [0.717, 1.165) is 18.6 Å². The van der Waals surface area contributed by atoms with E-state index < -0.39 is 0 Å². The molecule has 1 spiro atoms. The molecule has 4 aliphatic carbocycles. The zero-order valence-corrected chi connectivity index (χ0v) is 12.6. The third-order valence-electron chi connectivity index (χ3n) is 7.31. The maximum Gasteiger partial charge on any atom is 0.136 e. The lowest BCUT2D eigenvalue weighted by molar-refractivity contribution is -0.120. The fourth-order valence-electron chi connectivity index (χ4n) is 6.42. The van der Waals surface area contributed by atoms with Gasteiger partial charge in [-0.1, -0.05) is 13.0 Å². The van der Waals surface area contributed by atoms with Crippen molar-refractivity contribution in [1.29, 1.82) is 0 Å². The van der Waals surface area contributed by atoms with E-state index in [2.05, 4.69) is 25.1 Å². The summed E-state index contributed by atoms with van der Waals surface area (Å²) < 4.78 is 5.62. The van der Waals surface area contributed by atoms with Crippen LogP contribution in [-0.2, 0) is 4.79 Å². The summed E-state index contributed by atoms with van der Waals surface area (Å²) >= 11 is 0. The Morgan fingerprint density at radius 2 is 2.19 bits per heavy atom. The molecule has 1 heterocycles. The minimum Gasteiger partial charge on any atom is -0.465 e. The molecule has 0 amide bonds. The molecule has 2 nitrogen and oxygen atoms in total. The van der Waals surface area contributed by atoms with Crippen molar-refractivity contribution in [3.8, 4) is 0 Å². The third-order valence-corrected chi connectivity index (χ3v) is 7.31. The molecule has 21 heavy (non-hydrogen) atoms. The second-order valence-electron chi connectivity index (χ2n) is 8.07. The summed E-state index contributed by atoms with van der Waals surface area (Å²) in [6.45, 7) is 2.44. The van der Waals surface area contributed by atoms with Crippen LogP contribution in [0.25, 0.3) is 6.08 Å². The number of rotatable bonds is 0. The van der Waals surface area contributed by atoms with Crippen LogP contribution in [0.15, 0.2) is 22.8 Å². The Hall–Kier alpha value is -1.31. The molecule has 5 rings (SSSR count).